The van der Waals surface area contributed by atoms with Crippen molar-refractivity contribution in [2.45, 2.75) is 37.9 Å². The first-order chi connectivity index (χ1) is 8.70. The molecule has 2 fully saturated rings. The summed E-state index contributed by atoms with van der Waals surface area (Å²) in [6, 6.07) is 4.91. The molecule has 1 N–H and O–H groups in total. The third kappa shape index (κ3) is 2.87. The van der Waals surface area contributed by atoms with E-state index in [1.165, 1.54) is 31.0 Å². The van der Waals surface area contributed by atoms with E-state index in [1.54, 1.807) is 0 Å². The predicted octanol–water partition coefficient (Wildman–Crippen LogP) is 2.29. The lowest BCUT2D eigenvalue weighted by molar-refractivity contribution is 0.314. The molecule has 2 nitrogen and oxygen atoms in total. The Morgan fingerprint density at radius 3 is 2.78 bits per heavy atom. The van der Waals surface area contributed by atoms with Crippen molar-refractivity contribution in [3.8, 4) is 0 Å². The number of hydrogen-bond donors (Lipinski definition) is 1. The summed E-state index contributed by atoms with van der Waals surface area (Å²) in [7, 11) is 0. The molecule has 2 aliphatic rings. The molecule has 0 aromatic heterocycles. The monoisotopic (exact) mass is 252 g/mol. The van der Waals surface area contributed by atoms with Crippen molar-refractivity contribution >= 4 is 0 Å². The SMILES string of the molecule is Fc1ccc(F)c(CN2CCC(NC3CC3)C2)c1. The molecule has 1 aromatic carbocycles. The Bertz CT molecular complexity index is 432. The molecule has 1 aromatic rings. The predicted molar refractivity (Wildman–Crippen MR) is 66.2 cm³/mol. The molecule has 0 spiro atoms. The van der Waals surface area contributed by atoms with E-state index in [9.17, 15) is 8.78 Å². The van der Waals surface area contributed by atoms with E-state index < -0.39 is 0 Å². The summed E-state index contributed by atoms with van der Waals surface area (Å²) in [5.41, 5.74) is 0.460. The molecule has 3 rings (SSSR count). The van der Waals surface area contributed by atoms with Gasteiger partial charge in [-0.1, -0.05) is 0 Å². The van der Waals surface area contributed by atoms with E-state index in [-0.39, 0.29) is 11.6 Å². The molecule has 4 heteroatoms. The fourth-order valence-electron chi connectivity index (χ4n) is 2.60. The van der Waals surface area contributed by atoms with Gasteiger partial charge in [0.25, 0.3) is 0 Å². The lowest BCUT2D eigenvalue weighted by atomic mass is 10.2. The van der Waals surface area contributed by atoms with Crippen molar-refractivity contribution in [2.75, 3.05) is 13.1 Å². The molecule has 98 valence electrons. The normalized spacial score (nSPS) is 24.7. The van der Waals surface area contributed by atoms with Gasteiger partial charge in [-0.25, -0.2) is 8.78 Å². The average molecular weight is 252 g/mol. The molecule has 0 bridgehead atoms. The Balaban J connectivity index is 1.57. The van der Waals surface area contributed by atoms with Gasteiger partial charge >= 0.3 is 0 Å². The molecule has 18 heavy (non-hydrogen) atoms. The summed E-state index contributed by atoms with van der Waals surface area (Å²) >= 11 is 0. The van der Waals surface area contributed by atoms with Crippen molar-refractivity contribution in [2.24, 2.45) is 0 Å². The number of rotatable bonds is 4. The number of nitrogens with one attached hydrogen (secondary N) is 1. The van der Waals surface area contributed by atoms with Crippen LogP contribution in [-0.2, 0) is 6.54 Å². The lowest BCUT2D eigenvalue weighted by Gasteiger charge is -2.17. The van der Waals surface area contributed by atoms with Crippen LogP contribution < -0.4 is 5.32 Å². The fraction of sp³-hybridized carbons (Fsp3) is 0.571. The second kappa shape index (κ2) is 4.94. The summed E-state index contributed by atoms with van der Waals surface area (Å²) in [6.07, 6.45) is 3.68. The number of halogens is 2. The Morgan fingerprint density at radius 1 is 1.17 bits per heavy atom. The summed E-state index contributed by atoms with van der Waals surface area (Å²) in [4.78, 5) is 2.19. The zero-order valence-corrected chi connectivity index (χ0v) is 10.3. The highest BCUT2D eigenvalue weighted by molar-refractivity contribution is 5.18. The van der Waals surface area contributed by atoms with Crippen LogP contribution in [0.5, 0.6) is 0 Å². The summed E-state index contributed by atoms with van der Waals surface area (Å²) in [6.45, 7) is 2.40. The van der Waals surface area contributed by atoms with Gasteiger partial charge in [0.1, 0.15) is 11.6 Å². The quantitative estimate of drug-likeness (QED) is 0.884. The molecule has 1 heterocycles. The van der Waals surface area contributed by atoms with Gasteiger partial charge in [-0.3, -0.25) is 4.90 Å². The van der Waals surface area contributed by atoms with E-state index in [4.69, 9.17) is 0 Å². The second-order valence-corrected chi connectivity index (χ2v) is 5.40. The highest BCUT2D eigenvalue weighted by Crippen LogP contribution is 2.23. The summed E-state index contributed by atoms with van der Waals surface area (Å²) in [5.74, 6) is -0.673. The first kappa shape index (κ1) is 12.1. The lowest BCUT2D eigenvalue weighted by Crippen LogP contribution is -2.33. The van der Waals surface area contributed by atoms with Crippen molar-refractivity contribution in [1.82, 2.24) is 10.2 Å². The van der Waals surface area contributed by atoms with Crippen LogP contribution in [0.1, 0.15) is 24.8 Å². The molecule has 0 amide bonds. The van der Waals surface area contributed by atoms with Gasteiger partial charge in [0.2, 0.25) is 0 Å². The molecule has 1 unspecified atom stereocenters. The maximum atomic E-state index is 13.5. The third-order valence-corrected chi connectivity index (χ3v) is 3.72. The van der Waals surface area contributed by atoms with Crippen LogP contribution in [0.4, 0.5) is 8.78 Å². The topological polar surface area (TPSA) is 15.3 Å². The zero-order valence-electron chi connectivity index (χ0n) is 10.3. The fourth-order valence-corrected chi connectivity index (χ4v) is 2.60. The molecule has 1 atom stereocenters. The Kier molecular flexibility index (Phi) is 3.31. The van der Waals surface area contributed by atoms with Gasteiger partial charge in [-0.05, 0) is 37.5 Å². The minimum absolute atomic E-state index is 0.310. The van der Waals surface area contributed by atoms with Gasteiger partial charge < -0.3 is 5.32 Å². The zero-order chi connectivity index (χ0) is 12.5. The maximum absolute atomic E-state index is 13.5. The van der Waals surface area contributed by atoms with E-state index in [2.05, 4.69) is 10.2 Å². The molecule has 1 saturated carbocycles. The number of hydrogen-bond acceptors (Lipinski definition) is 2. The third-order valence-electron chi connectivity index (χ3n) is 3.72. The van der Waals surface area contributed by atoms with Gasteiger partial charge in [-0.2, -0.15) is 0 Å². The van der Waals surface area contributed by atoms with Gasteiger partial charge in [0, 0.05) is 37.3 Å². The molecular formula is C14H18F2N2. The highest BCUT2D eigenvalue weighted by atomic mass is 19.1. The average Bonchev–Trinajstić information content (AvgIpc) is 3.04. The van der Waals surface area contributed by atoms with Crippen molar-refractivity contribution in [1.29, 1.82) is 0 Å². The van der Waals surface area contributed by atoms with E-state index in [1.807, 2.05) is 0 Å². The largest absolute Gasteiger partial charge is 0.310 e. The molecule has 0 radical (unpaired) electrons. The van der Waals surface area contributed by atoms with Crippen LogP contribution in [0.3, 0.4) is 0 Å². The van der Waals surface area contributed by atoms with Gasteiger partial charge in [0.15, 0.2) is 0 Å². The van der Waals surface area contributed by atoms with Gasteiger partial charge in [-0.15, -0.1) is 0 Å². The van der Waals surface area contributed by atoms with Crippen molar-refractivity contribution in [3.05, 3.63) is 35.4 Å². The van der Waals surface area contributed by atoms with Crippen molar-refractivity contribution < 1.29 is 8.78 Å². The van der Waals surface area contributed by atoms with Crippen molar-refractivity contribution in [3.63, 3.8) is 0 Å². The molecular weight excluding hydrogens is 234 g/mol. The van der Waals surface area contributed by atoms with E-state index in [0.717, 1.165) is 19.5 Å². The van der Waals surface area contributed by atoms with Crippen LogP contribution in [0.15, 0.2) is 18.2 Å². The second-order valence-electron chi connectivity index (χ2n) is 5.40. The molecule has 1 aliphatic carbocycles. The Labute approximate surface area is 106 Å². The summed E-state index contributed by atoms with van der Waals surface area (Å²) < 4.78 is 26.6. The van der Waals surface area contributed by atoms with E-state index >= 15 is 0 Å². The number of benzene rings is 1. The number of nitrogens with zero attached hydrogens (tertiary/aromatic N) is 1. The molecule has 1 saturated heterocycles. The van der Waals surface area contributed by atoms with Crippen LogP contribution in [0.2, 0.25) is 0 Å². The maximum Gasteiger partial charge on any atom is 0.127 e. The minimum atomic E-state index is -0.363. The van der Waals surface area contributed by atoms with Crippen LogP contribution in [-0.4, -0.2) is 30.1 Å². The first-order valence-electron chi connectivity index (χ1n) is 6.63. The smallest absolute Gasteiger partial charge is 0.127 e. The molecule has 1 aliphatic heterocycles. The van der Waals surface area contributed by atoms with Crippen LogP contribution in [0.25, 0.3) is 0 Å². The summed E-state index contributed by atoms with van der Waals surface area (Å²) in [5, 5.41) is 3.59. The van der Waals surface area contributed by atoms with Crippen LogP contribution in [0, 0.1) is 11.6 Å². The highest BCUT2D eigenvalue weighted by Gasteiger charge is 2.29. The number of likely N-dealkylation sites (tertiary alicyclic amines) is 1. The van der Waals surface area contributed by atoms with Crippen LogP contribution >= 0.6 is 0 Å². The standard InChI is InChI=1S/C14H18F2N2/c15-11-1-4-14(16)10(7-11)8-18-6-5-13(9-18)17-12-2-3-12/h1,4,7,12-13,17H,2-3,5-6,8-9H2. The Morgan fingerprint density at radius 2 is 2.00 bits per heavy atom. The van der Waals surface area contributed by atoms with E-state index in [0.29, 0.717) is 24.2 Å². The first-order valence-corrected chi connectivity index (χ1v) is 6.63. The Hall–Kier alpha value is -1.00. The minimum Gasteiger partial charge on any atom is -0.310 e. The van der Waals surface area contributed by atoms with Gasteiger partial charge in [0.05, 0.1) is 0 Å².